The zero-order valence-electron chi connectivity index (χ0n) is 9.76. The standard InChI is InChI=1S/C14H15ClN2/c1-7-2-3-10-8(4-7)14-12-5-9(15)11(17-12)6-13(14)16-10/h2-4,9,11-12,16-17H,5-6H2,1H3. The van der Waals surface area contributed by atoms with Gasteiger partial charge in [0, 0.05) is 35.1 Å². The van der Waals surface area contributed by atoms with Crippen LogP contribution in [0.15, 0.2) is 18.2 Å². The molecule has 2 aliphatic rings. The number of H-pyrrole nitrogens is 1. The molecular weight excluding hydrogens is 232 g/mol. The van der Waals surface area contributed by atoms with E-state index in [4.69, 9.17) is 11.6 Å². The van der Waals surface area contributed by atoms with Crippen molar-refractivity contribution >= 4 is 22.5 Å². The number of nitrogens with one attached hydrogen (secondary N) is 2. The van der Waals surface area contributed by atoms with Crippen molar-refractivity contribution in [2.75, 3.05) is 0 Å². The summed E-state index contributed by atoms with van der Waals surface area (Å²) in [6, 6.07) is 7.54. The Hall–Kier alpha value is -0.990. The van der Waals surface area contributed by atoms with Gasteiger partial charge in [0.15, 0.2) is 0 Å². The predicted octanol–water partition coefficient (Wildman–Crippen LogP) is 3.04. The molecule has 0 amide bonds. The molecule has 3 unspecified atom stereocenters. The van der Waals surface area contributed by atoms with Crippen LogP contribution >= 0.6 is 11.6 Å². The van der Waals surface area contributed by atoms with Gasteiger partial charge in [0.25, 0.3) is 0 Å². The van der Waals surface area contributed by atoms with Gasteiger partial charge in [-0.3, -0.25) is 0 Å². The quantitative estimate of drug-likeness (QED) is 0.687. The highest BCUT2D eigenvalue weighted by Crippen LogP contribution is 2.41. The van der Waals surface area contributed by atoms with Crippen molar-refractivity contribution in [2.45, 2.75) is 37.2 Å². The van der Waals surface area contributed by atoms with Crippen molar-refractivity contribution < 1.29 is 0 Å². The van der Waals surface area contributed by atoms with Crippen LogP contribution in [-0.2, 0) is 6.42 Å². The number of hydrogen-bond donors (Lipinski definition) is 2. The Bertz CT molecular complexity index is 600. The van der Waals surface area contributed by atoms with Crippen molar-refractivity contribution in [3.63, 3.8) is 0 Å². The van der Waals surface area contributed by atoms with Crippen LogP contribution in [0.25, 0.3) is 10.9 Å². The maximum absolute atomic E-state index is 6.37. The van der Waals surface area contributed by atoms with E-state index in [0.717, 1.165) is 12.8 Å². The number of fused-ring (bicyclic) bond motifs is 6. The summed E-state index contributed by atoms with van der Waals surface area (Å²) in [6.07, 6.45) is 2.09. The molecule has 2 bridgehead atoms. The third-order valence-corrected chi connectivity index (χ3v) is 4.64. The number of hydrogen-bond acceptors (Lipinski definition) is 1. The van der Waals surface area contributed by atoms with Crippen LogP contribution in [0.5, 0.6) is 0 Å². The lowest BCUT2D eigenvalue weighted by molar-refractivity contribution is 0.515. The molecular formula is C14H15ClN2. The Labute approximate surface area is 105 Å². The fourth-order valence-corrected chi connectivity index (χ4v) is 3.71. The maximum Gasteiger partial charge on any atom is 0.0511 e. The number of aromatic nitrogens is 1. The van der Waals surface area contributed by atoms with Crippen molar-refractivity contribution in [2.24, 2.45) is 0 Å². The Morgan fingerprint density at radius 1 is 1.35 bits per heavy atom. The van der Waals surface area contributed by atoms with Gasteiger partial charge in [-0.05, 0) is 31.0 Å². The maximum atomic E-state index is 6.37. The minimum absolute atomic E-state index is 0.278. The SMILES string of the molecule is Cc1ccc2[nH]c3c(c2c1)C1CC(Cl)C(C3)N1. The molecule has 4 rings (SSSR count). The highest BCUT2D eigenvalue weighted by atomic mass is 35.5. The Kier molecular flexibility index (Phi) is 1.92. The first kappa shape index (κ1) is 9.98. The summed E-state index contributed by atoms with van der Waals surface area (Å²) in [6.45, 7) is 2.15. The smallest absolute Gasteiger partial charge is 0.0511 e. The molecule has 0 saturated carbocycles. The van der Waals surface area contributed by atoms with E-state index in [9.17, 15) is 0 Å². The molecule has 88 valence electrons. The molecule has 2 aromatic rings. The van der Waals surface area contributed by atoms with Crippen LogP contribution in [-0.4, -0.2) is 16.4 Å². The first-order chi connectivity index (χ1) is 8.22. The molecule has 2 N–H and O–H groups in total. The van der Waals surface area contributed by atoms with Crippen LogP contribution in [0.1, 0.15) is 29.3 Å². The highest BCUT2D eigenvalue weighted by molar-refractivity contribution is 6.21. The van der Waals surface area contributed by atoms with Crippen LogP contribution in [0.3, 0.4) is 0 Å². The summed E-state index contributed by atoms with van der Waals surface area (Å²) in [5.74, 6) is 0. The van der Waals surface area contributed by atoms with Crippen LogP contribution < -0.4 is 5.32 Å². The summed E-state index contributed by atoms with van der Waals surface area (Å²) >= 11 is 6.37. The van der Waals surface area contributed by atoms with Crippen molar-refractivity contribution in [3.05, 3.63) is 35.0 Å². The zero-order chi connectivity index (χ0) is 11.6. The largest absolute Gasteiger partial charge is 0.358 e. The van der Waals surface area contributed by atoms with E-state index in [0.29, 0.717) is 12.1 Å². The summed E-state index contributed by atoms with van der Waals surface area (Å²) in [5, 5.41) is 5.30. The minimum Gasteiger partial charge on any atom is -0.358 e. The monoisotopic (exact) mass is 246 g/mol. The predicted molar refractivity (Wildman–Crippen MR) is 70.7 cm³/mol. The van der Waals surface area contributed by atoms with Gasteiger partial charge in [-0.15, -0.1) is 11.6 Å². The topological polar surface area (TPSA) is 27.8 Å². The second-order valence-corrected chi connectivity index (χ2v) is 5.91. The molecule has 3 heteroatoms. The van der Waals surface area contributed by atoms with Crippen molar-refractivity contribution in [1.82, 2.24) is 10.3 Å². The van der Waals surface area contributed by atoms with Crippen LogP contribution in [0.2, 0.25) is 0 Å². The normalized spacial score (nSPS) is 30.8. The third-order valence-electron chi connectivity index (χ3n) is 4.16. The van der Waals surface area contributed by atoms with E-state index in [1.165, 1.54) is 27.7 Å². The zero-order valence-corrected chi connectivity index (χ0v) is 10.5. The summed E-state index contributed by atoms with van der Waals surface area (Å²) in [4.78, 5) is 3.57. The molecule has 3 atom stereocenters. The molecule has 17 heavy (non-hydrogen) atoms. The number of aromatic amines is 1. The van der Waals surface area contributed by atoms with Gasteiger partial charge in [-0.25, -0.2) is 0 Å². The molecule has 0 spiro atoms. The molecule has 3 heterocycles. The average molecular weight is 247 g/mol. The average Bonchev–Trinajstić information content (AvgIpc) is 2.79. The second kappa shape index (κ2) is 3.27. The van der Waals surface area contributed by atoms with Gasteiger partial charge >= 0.3 is 0 Å². The molecule has 0 radical (unpaired) electrons. The fraction of sp³-hybridized carbons (Fsp3) is 0.429. The van der Waals surface area contributed by atoms with Gasteiger partial charge in [0.1, 0.15) is 0 Å². The van der Waals surface area contributed by atoms with Gasteiger partial charge in [0.05, 0.1) is 5.38 Å². The van der Waals surface area contributed by atoms with Gasteiger partial charge in [-0.1, -0.05) is 11.6 Å². The Balaban J connectivity index is 1.97. The number of rotatable bonds is 0. The Morgan fingerprint density at radius 2 is 2.24 bits per heavy atom. The fourth-order valence-electron chi connectivity index (χ4n) is 3.37. The van der Waals surface area contributed by atoms with Gasteiger partial charge in [0.2, 0.25) is 0 Å². The van der Waals surface area contributed by atoms with E-state index >= 15 is 0 Å². The van der Waals surface area contributed by atoms with Crippen molar-refractivity contribution in [3.8, 4) is 0 Å². The van der Waals surface area contributed by atoms with Gasteiger partial charge in [-0.2, -0.15) is 0 Å². The lowest BCUT2D eigenvalue weighted by Crippen LogP contribution is -2.34. The lowest BCUT2D eigenvalue weighted by atomic mass is 9.98. The number of benzene rings is 1. The molecule has 1 aromatic carbocycles. The minimum atomic E-state index is 0.278. The first-order valence-corrected chi connectivity index (χ1v) is 6.67. The molecule has 0 aliphatic carbocycles. The van der Waals surface area contributed by atoms with E-state index in [1.54, 1.807) is 0 Å². The molecule has 2 nitrogen and oxygen atoms in total. The van der Waals surface area contributed by atoms with Crippen LogP contribution in [0, 0.1) is 6.92 Å². The lowest BCUT2D eigenvalue weighted by Gasteiger charge is -2.22. The number of halogens is 1. The highest BCUT2D eigenvalue weighted by Gasteiger charge is 2.40. The molecule has 2 aliphatic heterocycles. The van der Waals surface area contributed by atoms with E-state index in [1.807, 2.05) is 0 Å². The molecule has 1 aromatic heterocycles. The summed E-state index contributed by atoms with van der Waals surface area (Å²) in [7, 11) is 0. The molecule has 1 fully saturated rings. The number of aryl methyl sites for hydroxylation is 1. The summed E-state index contributed by atoms with van der Waals surface area (Å²) < 4.78 is 0. The molecule has 1 saturated heterocycles. The summed E-state index contributed by atoms with van der Waals surface area (Å²) in [5.41, 5.74) is 5.44. The third kappa shape index (κ3) is 1.31. The second-order valence-electron chi connectivity index (χ2n) is 5.35. The van der Waals surface area contributed by atoms with Crippen LogP contribution in [0.4, 0.5) is 0 Å². The van der Waals surface area contributed by atoms with Gasteiger partial charge < -0.3 is 10.3 Å². The Morgan fingerprint density at radius 3 is 3.12 bits per heavy atom. The number of alkyl halides is 1. The van der Waals surface area contributed by atoms with E-state index in [-0.39, 0.29) is 5.38 Å². The first-order valence-electron chi connectivity index (χ1n) is 6.23. The van der Waals surface area contributed by atoms with E-state index in [2.05, 4.69) is 35.4 Å². The van der Waals surface area contributed by atoms with E-state index < -0.39 is 0 Å². The van der Waals surface area contributed by atoms with Crippen molar-refractivity contribution in [1.29, 1.82) is 0 Å².